The molecule has 0 fully saturated rings. The third kappa shape index (κ3) is 3.63. The summed E-state index contributed by atoms with van der Waals surface area (Å²) in [5.74, 6) is -5.80. The van der Waals surface area contributed by atoms with E-state index in [0.29, 0.717) is 0 Å². The van der Waals surface area contributed by atoms with Crippen LogP contribution in [0.3, 0.4) is 0 Å². The van der Waals surface area contributed by atoms with Crippen LogP contribution in [0.4, 0.5) is 13.2 Å². The van der Waals surface area contributed by atoms with Gasteiger partial charge in [0.25, 0.3) is 11.8 Å². The SMILES string of the molecule is O=C(NCC(F)(F)CO)c1cc(F)ccc1O. The minimum atomic E-state index is -3.46. The first-order chi connectivity index (χ1) is 7.85. The molecule has 0 spiro atoms. The number of rotatable bonds is 4. The zero-order valence-electron chi connectivity index (χ0n) is 8.58. The van der Waals surface area contributed by atoms with Crippen LogP contribution >= 0.6 is 0 Å². The van der Waals surface area contributed by atoms with Crippen molar-refractivity contribution in [3.05, 3.63) is 29.6 Å². The number of alkyl halides is 2. The lowest BCUT2D eigenvalue weighted by atomic mass is 10.2. The minimum Gasteiger partial charge on any atom is -0.507 e. The molecule has 1 aromatic carbocycles. The number of phenols is 1. The molecular weight excluding hydrogens is 239 g/mol. The van der Waals surface area contributed by atoms with Gasteiger partial charge < -0.3 is 15.5 Å². The zero-order valence-corrected chi connectivity index (χ0v) is 8.58. The lowest BCUT2D eigenvalue weighted by molar-refractivity contribution is -0.0462. The highest BCUT2D eigenvalue weighted by molar-refractivity contribution is 5.96. The van der Waals surface area contributed by atoms with Crippen molar-refractivity contribution in [3.63, 3.8) is 0 Å². The summed E-state index contributed by atoms with van der Waals surface area (Å²) >= 11 is 0. The van der Waals surface area contributed by atoms with E-state index in [1.54, 1.807) is 5.32 Å². The van der Waals surface area contributed by atoms with Crippen LogP contribution in [-0.4, -0.2) is 35.2 Å². The van der Waals surface area contributed by atoms with Crippen molar-refractivity contribution in [2.45, 2.75) is 5.92 Å². The van der Waals surface area contributed by atoms with Crippen LogP contribution in [0.1, 0.15) is 10.4 Å². The van der Waals surface area contributed by atoms with E-state index >= 15 is 0 Å². The first kappa shape index (κ1) is 13.3. The second-order valence-electron chi connectivity index (χ2n) is 3.36. The Kier molecular flexibility index (Phi) is 3.95. The van der Waals surface area contributed by atoms with Gasteiger partial charge in [-0.15, -0.1) is 0 Å². The molecule has 1 amide bonds. The number of phenolic OH excluding ortho intramolecular Hbond substituents is 1. The van der Waals surface area contributed by atoms with E-state index in [0.717, 1.165) is 18.2 Å². The Morgan fingerprint density at radius 1 is 1.41 bits per heavy atom. The number of carbonyl (C=O) groups is 1. The monoisotopic (exact) mass is 249 g/mol. The van der Waals surface area contributed by atoms with Crippen LogP contribution in [-0.2, 0) is 0 Å². The predicted octanol–water partition coefficient (Wildman–Crippen LogP) is 0.889. The smallest absolute Gasteiger partial charge is 0.287 e. The van der Waals surface area contributed by atoms with E-state index in [1.807, 2.05) is 0 Å². The van der Waals surface area contributed by atoms with Gasteiger partial charge in [0.2, 0.25) is 0 Å². The van der Waals surface area contributed by atoms with Crippen LogP contribution in [0.15, 0.2) is 18.2 Å². The lowest BCUT2D eigenvalue weighted by Crippen LogP contribution is -2.39. The molecule has 0 radical (unpaired) electrons. The quantitative estimate of drug-likeness (QED) is 0.742. The molecule has 0 saturated heterocycles. The highest BCUT2D eigenvalue weighted by atomic mass is 19.3. The molecule has 0 aromatic heterocycles. The molecule has 0 unspecified atom stereocenters. The largest absolute Gasteiger partial charge is 0.507 e. The normalized spacial score (nSPS) is 11.3. The van der Waals surface area contributed by atoms with Crippen molar-refractivity contribution in [1.29, 1.82) is 0 Å². The second-order valence-corrected chi connectivity index (χ2v) is 3.36. The van der Waals surface area contributed by atoms with Crippen LogP contribution in [0, 0.1) is 5.82 Å². The highest BCUT2D eigenvalue weighted by Crippen LogP contribution is 2.18. The number of hydrogen-bond acceptors (Lipinski definition) is 3. The fraction of sp³-hybridized carbons (Fsp3) is 0.300. The number of halogens is 3. The van der Waals surface area contributed by atoms with Crippen molar-refractivity contribution >= 4 is 5.91 Å². The first-order valence-corrected chi connectivity index (χ1v) is 4.61. The third-order valence-corrected chi connectivity index (χ3v) is 1.94. The summed E-state index contributed by atoms with van der Waals surface area (Å²) in [7, 11) is 0. The minimum absolute atomic E-state index is 0.446. The molecule has 0 saturated carbocycles. The average molecular weight is 249 g/mol. The Morgan fingerprint density at radius 3 is 2.65 bits per heavy atom. The first-order valence-electron chi connectivity index (χ1n) is 4.61. The Hall–Kier alpha value is -1.76. The van der Waals surface area contributed by atoms with Gasteiger partial charge in [-0.05, 0) is 18.2 Å². The van der Waals surface area contributed by atoms with Crippen LogP contribution in [0.5, 0.6) is 5.75 Å². The summed E-state index contributed by atoms with van der Waals surface area (Å²) in [6.45, 7) is -2.51. The van der Waals surface area contributed by atoms with Gasteiger partial charge in [-0.3, -0.25) is 4.79 Å². The Morgan fingerprint density at radius 2 is 2.06 bits per heavy atom. The van der Waals surface area contributed by atoms with Gasteiger partial charge in [-0.2, -0.15) is 0 Å². The Balaban J connectivity index is 2.74. The third-order valence-electron chi connectivity index (χ3n) is 1.94. The Bertz CT molecular complexity index is 423. The summed E-state index contributed by atoms with van der Waals surface area (Å²) in [4.78, 5) is 11.3. The standard InChI is InChI=1S/C10H10F3NO3/c11-6-1-2-8(16)7(3-6)9(17)14-4-10(12,13)5-15/h1-3,15-16H,4-5H2,(H,14,17). The number of nitrogens with one attached hydrogen (secondary N) is 1. The molecule has 3 N–H and O–H groups in total. The van der Waals surface area contributed by atoms with Crippen LogP contribution in [0.25, 0.3) is 0 Å². The molecule has 4 nitrogen and oxygen atoms in total. The summed E-state index contributed by atoms with van der Waals surface area (Å²) in [6, 6.07) is 2.59. The Labute approximate surface area is 94.7 Å². The molecule has 0 aliphatic rings. The second kappa shape index (κ2) is 5.05. The van der Waals surface area contributed by atoms with Gasteiger partial charge in [-0.25, -0.2) is 13.2 Å². The molecule has 1 aromatic rings. The van der Waals surface area contributed by atoms with E-state index in [1.165, 1.54) is 0 Å². The van der Waals surface area contributed by atoms with Crippen molar-refractivity contribution in [2.24, 2.45) is 0 Å². The van der Waals surface area contributed by atoms with Gasteiger partial charge >= 0.3 is 0 Å². The fourth-order valence-corrected chi connectivity index (χ4v) is 1.05. The molecule has 1 rings (SSSR count). The number of aromatic hydroxyl groups is 1. The number of amides is 1. The number of carbonyl (C=O) groups excluding carboxylic acids is 1. The van der Waals surface area contributed by atoms with E-state index in [9.17, 15) is 23.1 Å². The van der Waals surface area contributed by atoms with E-state index < -0.39 is 42.1 Å². The maximum atomic E-state index is 12.8. The van der Waals surface area contributed by atoms with Crippen molar-refractivity contribution in [1.82, 2.24) is 5.32 Å². The number of aliphatic hydroxyl groups excluding tert-OH is 1. The molecule has 0 atom stereocenters. The van der Waals surface area contributed by atoms with Gasteiger partial charge in [-0.1, -0.05) is 0 Å². The molecular formula is C10H10F3NO3. The summed E-state index contributed by atoms with van der Waals surface area (Å²) in [6.07, 6.45) is 0. The molecule has 94 valence electrons. The zero-order chi connectivity index (χ0) is 13.1. The van der Waals surface area contributed by atoms with E-state index in [-0.39, 0.29) is 0 Å². The number of benzene rings is 1. The molecule has 0 heterocycles. The van der Waals surface area contributed by atoms with Crippen molar-refractivity contribution in [3.8, 4) is 5.75 Å². The highest BCUT2D eigenvalue weighted by Gasteiger charge is 2.28. The lowest BCUT2D eigenvalue weighted by Gasteiger charge is -2.14. The summed E-state index contributed by atoms with van der Waals surface area (Å²) in [5, 5.41) is 19.3. The molecule has 7 heteroatoms. The summed E-state index contributed by atoms with van der Waals surface area (Å²) < 4.78 is 38.0. The molecule has 17 heavy (non-hydrogen) atoms. The van der Waals surface area contributed by atoms with Gasteiger partial charge in [0.05, 0.1) is 12.1 Å². The van der Waals surface area contributed by atoms with E-state index in [4.69, 9.17) is 5.11 Å². The van der Waals surface area contributed by atoms with E-state index in [2.05, 4.69) is 0 Å². The maximum Gasteiger partial charge on any atom is 0.287 e. The summed E-state index contributed by atoms with van der Waals surface area (Å²) in [5.41, 5.74) is -0.446. The van der Waals surface area contributed by atoms with Gasteiger partial charge in [0, 0.05) is 0 Å². The fourth-order valence-electron chi connectivity index (χ4n) is 1.05. The van der Waals surface area contributed by atoms with Crippen LogP contribution < -0.4 is 5.32 Å². The van der Waals surface area contributed by atoms with Crippen molar-refractivity contribution in [2.75, 3.05) is 13.2 Å². The maximum absolute atomic E-state index is 12.8. The topological polar surface area (TPSA) is 69.6 Å². The van der Waals surface area contributed by atoms with Crippen LogP contribution in [0.2, 0.25) is 0 Å². The van der Waals surface area contributed by atoms with Gasteiger partial charge in [0.15, 0.2) is 0 Å². The predicted molar refractivity (Wildman–Crippen MR) is 52.4 cm³/mol. The number of hydrogen-bond donors (Lipinski definition) is 3. The average Bonchev–Trinajstić information content (AvgIpc) is 2.29. The molecule has 0 bridgehead atoms. The molecule has 0 aliphatic heterocycles. The molecule has 0 aliphatic carbocycles. The van der Waals surface area contributed by atoms with Gasteiger partial charge in [0.1, 0.15) is 18.2 Å². The number of aliphatic hydroxyl groups is 1. The van der Waals surface area contributed by atoms with Crippen molar-refractivity contribution < 1.29 is 28.2 Å².